The van der Waals surface area contributed by atoms with Gasteiger partial charge in [0.15, 0.2) is 16.5 Å². The van der Waals surface area contributed by atoms with Crippen LogP contribution in [0.2, 0.25) is 0 Å². The van der Waals surface area contributed by atoms with E-state index in [0.29, 0.717) is 33.4 Å². The minimum Gasteiger partial charge on any atom is -0.456 e. The summed E-state index contributed by atoms with van der Waals surface area (Å²) in [5, 5.41) is 4.56. The van der Waals surface area contributed by atoms with Gasteiger partial charge in [0.2, 0.25) is 6.79 Å². The van der Waals surface area contributed by atoms with Gasteiger partial charge in [-0.25, -0.2) is 9.78 Å². The van der Waals surface area contributed by atoms with Gasteiger partial charge in [-0.15, -0.1) is 11.3 Å². The average Bonchev–Trinajstić information content (AvgIpc) is 3.44. The number of para-hydroxylation sites is 1. The Balaban J connectivity index is 1.31. The molecular formula is C23H17N3O6S. The third kappa shape index (κ3) is 4.03. The highest BCUT2D eigenvalue weighted by Crippen LogP contribution is 2.32. The predicted octanol–water partition coefficient (Wildman–Crippen LogP) is 3.40. The minimum atomic E-state index is -0.652. The van der Waals surface area contributed by atoms with Gasteiger partial charge >= 0.3 is 5.97 Å². The number of aromatic nitrogens is 2. The maximum Gasteiger partial charge on any atom is 0.340 e. The number of rotatable bonds is 5. The highest BCUT2D eigenvalue weighted by atomic mass is 32.1. The van der Waals surface area contributed by atoms with Crippen LogP contribution >= 0.6 is 11.3 Å². The largest absolute Gasteiger partial charge is 0.456 e. The Labute approximate surface area is 191 Å². The molecular weight excluding hydrogens is 446 g/mol. The molecule has 166 valence electrons. The lowest BCUT2D eigenvalue weighted by Crippen LogP contribution is -2.17. The van der Waals surface area contributed by atoms with Gasteiger partial charge < -0.3 is 19.5 Å². The number of carbonyl (C=O) groups is 2. The van der Waals surface area contributed by atoms with Crippen LogP contribution in [0.15, 0.2) is 58.7 Å². The lowest BCUT2D eigenvalue weighted by atomic mass is 10.1. The van der Waals surface area contributed by atoms with Crippen molar-refractivity contribution in [3.8, 4) is 11.5 Å². The standard InChI is InChI=1S/C23H17N3O6S/c1-13-11-33-23-24-15(9-20(27)26(13)23)10-30-22(29)16-4-2-3-5-17(16)25-21(28)14-6-7-18-19(8-14)32-12-31-18/h2-9,11H,10,12H2,1H3,(H,25,28). The molecule has 0 fully saturated rings. The number of carbonyl (C=O) groups excluding carboxylic acids is 2. The molecule has 1 aliphatic heterocycles. The molecule has 0 saturated heterocycles. The molecule has 5 rings (SSSR count). The van der Waals surface area contributed by atoms with Gasteiger partial charge in [0.1, 0.15) is 6.61 Å². The highest BCUT2D eigenvalue weighted by molar-refractivity contribution is 7.15. The number of benzene rings is 2. The highest BCUT2D eigenvalue weighted by Gasteiger charge is 2.19. The number of amides is 1. The molecule has 2 aromatic heterocycles. The van der Waals surface area contributed by atoms with Crippen molar-refractivity contribution < 1.29 is 23.8 Å². The SMILES string of the molecule is Cc1csc2nc(COC(=O)c3ccccc3NC(=O)c3ccc4c(c3)OCO4)cc(=O)n12. The number of esters is 1. The zero-order chi connectivity index (χ0) is 22.9. The van der Waals surface area contributed by atoms with Gasteiger partial charge in [0.05, 0.1) is 16.9 Å². The van der Waals surface area contributed by atoms with Crippen LogP contribution in [-0.2, 0) is 11.3 Å². The molecule has 0 saturated carbocycles. The predicted molar refractivity (Wildman–Crippen MR) is 120 cm³/mol. The Morgan fingerprint density at radius 1 is 1.15 bits per heavy atom. The van der Waals surface area contributed by atoms with Crippen molar-refractivity contribution >= 4 is 33.9 Å². The van der Waals surface area contributed by atoms with Crippen LogP contribution in [0.25, 0.3) is 4.96 Å². The van der Waals surface area contributed by atoms with E-state index in [2.05, 4.69) is 10.3 Å². The van der Waals surface area contributed by atoms with E-state index >= 15 is 0 Å². The van der Waals surface area contributed by atoms with Gasteiger partial charge in [-0.05, 0) is 37.3 Å². The Kier molecular flexibility index (Phi) is 5.27. The number of anilines is 1. The lowest BCUT2D eigenvalue weighted by molar-refractivity contribution is 0.0469. The monoisotopic (exact) mass is 463 g/mol. The Hall–Kier alpha value is -4.18. The molecule has 1 N–H and O–H groups in total. The number of nitrogens with zero attached hydrogens (tertiary/aromatic N) is 2. The van der Waals surface area contributed by atoms with E-state index < -0.39 is 11.9 Å². The fourth-order valence-electron chi connectivity index (χ4n) is 3.39. The van der Waals surface area contributed by atoms with E-state index in [1.165, 1.54) is 21.8 Å². The molecule has 0 radical (unpaired) electrons. The topological polar surface area (TPSA) is 108 Å². The fraction of sp³-hybridized carbons (Fsp3) is 0.130. The Morgan fingerprint density at radius 2 is 1.97 bits per heavy atom. The van der Waals surface area contributed by atoms with E-state index in [9.17, 15) is 14.4 Å². The molecule has 0 atom stereocenters. The first-order chi connectivity index (χ1) is 16.0. The summed E-state index contributed by atoms with van der Waals surface area (Å²) in [6.07, 6.45) is 0. The minimum absolute atomic E-state index is 0.107. The summed E-state index contributed by atoms with van der Waals surface area (Å²) in [5.41, 5.74) is 1.73. The maximum absolute atomic E-state index is 12.7. The summed E-state index contributed by atoms with van der Waals surface area (Å²) in [5.74, 6) is -0.0148. The van der Waals surface area contributed by atoms with Crippen LogP contribution in [0.3, 0.4) is 0 Å². The molecule has 9 nitrogen and oxygen atoms in total. The zero-order valence-electron chi connectivity index (χ0n) is 17.4. The summed E-state index contributed by atoms with van der Waals surface area (Å²) in [4.78, 5) is 42.7. The molecule has 0 bridgehead atoms. The number of hydrogen-bond donors (Lipinski definition) is 1. The van der Waals surface area contributed by atoms with Gasteiger partial charge in [0.25, 0.3) is 11.5 Å². The number of ether oxygens (including phenoxy) is 3. The van der Waals surface area contributed by atoms with Crippen LogP contribution in [0, 0.1) is 6.92 Å². The third-order valence-electron chi connectivity index (χ3n) is 5.01. The first kappa shape index (κ1) is 20.7. The van der Waals surface area contributed by atoms with Crippen molar-refractivity contribution in [2.45, 2.75) is 13.5 Å². The molecule has 0 unspecified atom stereocenters. The average molecular weight is 463 g/mol. The summed E-state index contributed by atoms with van der Waals surface area (Å²) >= 11 is 1.33. The summed E-state index contributed by atoms with van der Waals surface area (Å²) < 4.78 is 17.4. The Bertz CT molecular complexity index is 1460. The van der Waals surface area contributed by atoms with Crippen molar-refractivity contribution in [2.24, 2.45) is 0 Å². The normalized spacial score (nSPS) is 12.0. The summed E-state index contributed by atoms with van der Waals surface area (Å²) in [7, 11) is 0. The smallest absolute Gasteiger partial charge is 0.340 e. The number of nitrogens with one attached hydrogen (secondary N) is 1. The molecule has 0 spiro atoms. The van der Waals surface area contributed by atoms with Crippen molar-refractivity contribution in [3.63, 3.8) is 0 Å². The van der Waals surface area contributed by atoms with Crippen LogP contribution in [0.5, 0.6) is 11.5 Å². The molecule has 4 aromatic rings. The van der Waals surface area contributed by atoms with Gasteiger partial charge in [0, 0.05) is 22.7 Å². The Morgan fingerprint density at radius 3 is 2.85 bits per heavy atom. The fourth-order valence-corrected chi connectivity index (χ4v) is 4.29. The molecule has 3 heterocycles. The zero-order valence-corrected chi connectivity index (χ0v) is 18.2. The lowest BCUT2D eigenvalue weighted by Gasteiger charge is -2.11. The van der Waals surface area contributed by atoms with E-state index in [4.69, 9.17) is 14.2 Å². The van der Waals surface area contributed by atoms with Crippen molar-refractivity contribution in [1.29, 1.82) is 0 Å². The van der Waals surface area contributed by atoms with Crippen molar-refractivity contribution in [3.05, 3.63) is 86.8 Å². The van der Waals surface area contributed by atoms with Gasteiger partial charge in [-0.1, -0.05) is 12.1 Å². The van der Waals surface area contributed by atoms with Crippen LogP contribution in [0.4, 0.5) is 5.69 Å². The van der Waals surface area contributed by atoms with E-state index in [0.717, 1.165) is 5.69 Å². The molecule has 2 aromatic carbocycles. The van der Waals surface area contributed by atoms with Gasteiger partial charge in [-0.3, -0.25) is 14.0 Å². The number of fused-ring (bicyclic) bond motifs is 2. The maximum atomic E-state index is 12.7. The summed E-state index contributed by atoms with van der Waals surface area (Å²) in [6, 6.07) is 12.7. The molecule has 0 aliphatic carbocycles. The van der Waals surface area contributed by atoms with Crippen molar-refractivity contribution in [1.82, 2.24) is 9.38 Å². The molecule has 10 heteroatoms. The first-order valence-electron chi connectivity index (χ1n) is 9.93. The second-order valence-electron chi connectivity index (χ2n) is 7.22. The number of aryl methyl sites for hydroxylation is 1. The van der Waals surface area contributed by atoms with E-state index in [-0.39, 0.29) is 24.5 Å². The third-order valence-corrected chi connectivity index (χ3v) is 5.95. The summed E-state index contributed by atoms with van der Waals surface area (Å²) in [6.45, 7) is 1.75. The van der Waals surface area contributed by atoms with Crippen LogP contribution < -0.4 is 20.3 Å². The number of hydrogen-bond acceptors (Lipinski definition) is 8. The first-order valence-corrected chi connectivity index (χ1v) is 10.8. The van der Waals surface area contributed by atoms with E-state index in [1.54, 1.807) is 42.5 Å². The second-order valence-corrected chi connectivity index (χ2v) is 8.06. The molecule has 33 heavy (non-hydrogen) atoms. The van der Waals surface area contributed by atoms with Crippen LogP contribution in [-0.4, -0.2) is 28.1 Å². The van der Waals surface area contributed by atoms with E-state index in [1.807, 2.05) is 12.3 Å². The second kappa shape index (κ2) is 8.40. The van der Waals surface area contributed by atoms with Gasteiger partial charge in [-0.2, -0.15) is 0 Å². The molecule has 1 amide bonds. The van der Waals surface area contributed by atoms with Crippen LogP contribution in [0.1, 0.15) is 32.1 Å². The number of thiazole rings is 1. The molecule has 1 aliphatic rings. The van der Waals surface area contributed by atoms with Crippen molar-refractivity contribution in [2.75, 3.05) is 12.1 Å². The quantitative estimate of drug-likeness (QED) is 0.452.